The van der Waals surface area contributed by atoms with Crippen LogP contribution in [-0.4, -0.2) is 29.7 Å². The highest BCUT2D eigenvalue weighted by atomic mass is 16.2. The fourth-order valence-corrected chi connectivity index (χ4v) is 4.80. The monoisotopic (exact) mass is 449 g/mol. The van der Waals surface area contributed by atoms with E-state index in [1.165, 1.54) is 0 Å². The van der Waals surface area contributed by atoms with Crippen molar-refractivity contribution in [3.8, 4) is 0 Å². The molecule has 34 heavy (non-hydrogen) atoms. The van der Waals surface area contributed by atoms with Gasteiger partial charge in [0.2, 0.25) is 0 Å². The van der Waals surface area contributed by atoms with Gasteiger partial charge in [0.05, 0.1) is 5.57 Å². The standard InChI is InChI=1S/C29H27N3O2/c1-19-13-15-21(16-14-19)25-24(29(34)31-23-11-7-4-8-12-23)20(2)32-18-17-30-28(32)26(25)27(33)22-9-5-3-6-10-22/h3-16,25,30H,17-18H2,1-2H3,(H,31,34). The summed E-state index contributed by atoms with van der Waals surface area (Å²) in [6.45, 7) is 5.42. The van der Waals surface area contributed by atoms with Crippen LogP contribution in [0, 0.1) is 6.92 Å². The summed E-state index contributed by atoms with van der Waals surface area (Å²) in [6, 6.07) is 26.8. The number of hydrogen-bond donors (Lipinski definition) is 2. The van der Waals surface area contributed by atoms with Crippen LogP contribution in [0.15, 0.2) is 108 Å². The molecule has 0 saturated carbocycles. The maximum Gasteiger partial charge on any atom is 0.254 e. The maximum absolute atomic E-state index is 13.9. The Morgan fingerprint density at radius 1 is 0.853 bits per heavy atom. The number of rotatable bonds is 5. The maximum atomic E-state index is 13.9. The molecule has 3 aromatic carbocycles. The van der Waals surface area contributed by atoms with Gasteiger partial charge in [-0.15, -0.1) is 0 Å². The van der Waals surface area contributed by atoms with Gasteiger partial charge in [0.15, 0.2) is 5.78 Å². The van der Waals surface area contributed by atoms with Gasteiger partial charge < -0.3 is 15.5 Å². The third kappa shape index (κ3) is 3.90. The van der Waals surface area contributed by atoms with E-state index in [-0.39, 0.29) is 11.7 Å². The lowest BCUT2D eigenvalue weighted by Gasteiger charge is -2.35. The summed E-state index contributed by atoms with van der Waals surface area (Å²) in [7, 11) is 0. The number of carbonyl (C=O) groups is 2. The molecule has 170 valence electrons. The van der Waals surface area contributed by atoms with E-state index in [0.717, 1.165) is 28.3 Å². The van der Waals surface area contributed by atoms with Gasteiger partial charge in [-0.05, 0) is 31.5 Å². The predicted octanol–water partition coefficient (Wildman–Crippen LogP) is 5.00. The highest BCUT2D eigenvalue weighted by molar-refractivity contribution is 6.14. The molecule has 2 N–H and O–H groups in total. The molecule has 2 aliphatic rings. The van der Waals surface area contributed by atoms with Crippen LogP contribution in [0.25, 0.3) is 0 Å². The number of anilines is 1. The number of carbonyl (C=O) groups excluding carboxylic acids is 2. The van der Waals surface area contributed by atoms with Crippen LogP contribution < -0.4 is 10.6 Å². The number of amides is 1. The minimum atomic E-state index is -0.492. The Labute approximate surface area is 199 Å². The average Bonchev–Trinajstić information content (AvgIpc) is 3.35. The van der Waals surface area contributed by atoms with E-state index in [1.54, 1.807) is 0 Å². The van der Waals surface area contributed by atoms with Crippen LogP contribution in [0.3, 0.4) is 0 Å². The average molecular weight is 450 g/mol. The van der Waals surface area contributed by atoms with Crippen molar-refractivity contribution in [3.05, 3.63) is 124 Å². The Morgan fingerprint density at radius 3 is 2.18 bits per heavy atom. The van der Waals surface area contributed by atoms with E-state index in [4.69, 9.17) is 0 Å². The predicted molar refractivity (Wildman–Crippen MR) is 134 cm³/mol. The van der Waals surface area contributed by atoms with Crippen LogP contribution in [0.2, 0.25) is 0 Å². The molecule has 1 fully saturated rings. The molecule has 5 rings (SSSR count). The molecular weight excluding hydrogens is 422 g/mol. The van der Waals surface area contributed by atoms with E-state index in [0.29, 0.717) is 29.8 Å². The summed E-state index contributed by atoms with van der Waals surface area (Å²) in [5.74, 6) is 0.0405. The number of hydrogen-bond acceptors (Lipinski definition) is 4. The van der Waals surface area contributed by atoms with Gasteiger partial charge in [-0.2, -0.15) is 0 Å². The Morgan fingerprint density at radius 2 is 1.50 bits per heavy atom. The first kappa shape index (κ1) is 21.7. The van der Waals surface area contributed by atoms with Crippen molar-refractivity contribution in [1.82, 2.24) is 10.2 Å². The summed E-state index contributed by atoms with van der Waals surface area (Å²) in [5.41, 5.74) is 5.45. The summed E-state index contributed by atoms with van der Waals surface area (Å²) in [4.78, 5) is 29.8. The highest BCUT2D eigenvalue weighted by Gasteiger charge is 2.42. The quantitative estimate of drug-likeness (QED) is 0.538. The fourth-order valence-electron chi connectivity index (χ4n) is 4.80. The summed E-state index contributed by atoms with van der Waals surface area (Å²) < 4.78 is 0. The molecule has 3 aromatic rings. The Bertz CT molecular complexity index is 1290. The first-order valence-electron chi connectivity index (χ1n) is 11.5. The third-order valence-corrected chi connectivity index (χ3v) is 6.49. The number of benzene rings is 3. The zero-order valence-corrected chi connectivity index (χ0v) is 19.3. The summed E-state index contributed by atoms with van der Waals surface area (Å²) in [5, 5.41) is 6.48. The molecule has 0 aliphatic carbocycles. The van der Waals surface area contributed by atoms with Crippen molar-refractivity contribution >= 4 is 17.4 Å². The van der Waals surface area contributed by atoms with Crippen molar-refractivity contribution in [3.63, 3.8) is 0 Å². The van der Waals surface area contributed by atoms with Gasteiger partial charge in [0.25, 0.3) is 5.91 Å². The van der Waals surface area contributed by atoms with Crippen LogP contribution in [0.1, 0.15) is 34.3 Å². The molecule has 0 spiro atoms. The van der Waals surface area contributed by atoms with Crippen molar-refractivity contribution in [1.29, 1.82) is 0 Å². The lowest BCUT2D eigenvalue weighted by atomic mass is 9.77. The van der Waals surface area contributed by atoms with Crippen LogP contribution in [0.5, 0.6) is 0 Å². The molecule has 0 radical (unpaired) electrons. The van der Waals surface area contributed by atoms with Crippen LogP contribution in [0.4, 0.5) is 5.69 Å². The van der Waals surface area contributed by atoms with Crippen LogP contribution in [-0.2, 0) is 4.79 Å². The second kappa shape index (κ2) is 9.02. The van der Waals surface area contributed by atoms with Gasteiger partial charge in [-0.3, -0.25) is 9.59 Å². The van der Waals surface area contributed by atoms with E-state index < -0.39 is 5.92 Å². The van der Waals surface area contributed by atoms with Crippen molar-refractivity contribution < 1.29 is 9.59 Å². The van der Waals surface area contributed by atoms with Gasteiger partial charge >= 0.3 is 0 Å². The zero-order valence-electron chi connectivity index (χ0n) is 19.3. The van der Waals surface area contributed by atoms with Gasteiger partial charge in [0, 0.05) is 41.5 Å². The zero-order chi connectivity index (χ0) is 23.7. The second-order valence-electron chi connectivity index (χ2n) is 8.70. The molecule has 1 unspecified atom stereocenters. The van der Waals surface area contributed by atoms with Gasteiger partial charge in [0.1, 0.15) is 5.82 Å². The second-order valence-corrected chi connectivity index (χ2v) is 8.70. The molecule has 2 heterocycles. The number of nitrogens with zero attached hydrogens (tertiary/aromatic N) is 1. The number of ketones is 1. The van der Waals surface area contributed by atoms with Crippen molar-refractivity contribution in [2.24, 2.45) is 0 Å². The number of para-hydroxylation sites is 1. The number of nitrogens with one attached hydrogen (secondary N) is 2. The van der Waals surface area contributed by atoms with E-state index in [1.807, 2.05) is 98.8 Å². The number of fused-ring (bicyclic) bond motifs is 1. The van der Waals surface area contributed by atoms with Gasteiger partial charge in [-0.1, -0.05) is 78.4 Å². The smallest absolute Gasteiger partial charge is 0.254 e. The normalized spacial score (nSPS) is 17.4. The lowest BCUT2D eigenvalue weighted by molar-refractivity contribution is -0.113. The molecular formula is C29H27N3O2. The lowest BCUT2D eigenvalue weighted by Crippen LogP contribution is -2.36. The van der Waals surface area contributed by atoms with Gasteiger partial charge in [-0.25, -0.2) is 0 Å². The number of Topliss-reactive ketones (excluding diaryl/α,β-unsaturated/α-hetero) is 1. The summed E-state index contributed by atoms with van der Waals surface area (Å²) >= 11 is 0. The van der Waals surface area contributed by atoms with Crippen LogP contribution >= 0.6 is 0 Å². The fraction of sp³-hybridized carbons (Fsp3) is 0.172. The number of aryl methyl sites for hydroxylation is 1. The van der Waals surface area contributed by atoms with E-state index in [2.05, 4.69) is 15.5 Å². The first-order chi connectivity index (χ1) is 16.5. The molecule has 1 saturated heterocycles. The molecule has 1 atom stereocenters. The Balaban J connectivity index is 1.68. The molecule has 5 nitrogen and oxygen atoms in total. The molecule has 5 heteroatoms. The molecule has 0 aromatic heterocycles. The topological polar surface area (TPSA) is 61.4 Å². The van der Waals surface area contributed by atoms with Crippen molar-refractivity contribution in [2.75, 3.05) is 18.4 Å². The third-order valence-electron chi connectivity index (χ3n) is 6.49. The molecule has 2 aliphatic heterocycles. The highest BCUT2D eigenvalue weighted by Crippen LogP contribution is 2.44. The Kier molecular flexibility index (Phi) is 5.76. The SMILES string of the molecule is CC1=C(C(=O)Nc2ccccc2)C(c2ccc(C)cc2)C(C(=O)c2ccccc2)=C2NCCN12. The molecule has 0 bridgehead atoms. The largest absolute Gasteiger partial charge is 0.369 e. The summed E-state index contributed by atoms with van der Waals surface area (Å²) in [6.07, 6.45) is 0. The minimum absolute atomic E-state index is 0.0712. The number of allylic oxidation sites excluding steroid dienone is 2. The van der Waals surface area contributed by atoms with Crippen molar-refractivity contribution in [2.45, 2.75) is 19.8 Å². The van der Waals surface area contributed by atoms with E-state index >= 15 is 0 Å². The minimum Gasteiger partial charge on any atom is -0.369 e. The molecule has 1 amide bonds. The van der Waals surface area contributed by atoms with E-state index in [9.17, 15) is 9.59 Å². The first-order valence-corrected chi connectivity index (χ1v) is 11.5. The Hall–Kier alpha value is -4.12.